The van der Waals surface area contributed by atoms with Gasteiger partial charge >= 0.3 is 6.36 Å². The lowest BCUT2D eigenvalue weighted by Gasteiger charge is -2.37. The van der Waals surface area contributed by atoms with Gasteiger partial charge in [0.1, 0.15) is 5.75 Å². The third-order valence-electron chi connectivity index (χ3n) is 6.61. The molecule has 0 radical (unpaired) electrons. The van der Waals surface area contributed by atoms with Crippen molar-refractivity contribution in [3.05, 3.63) is 29.8 Å². The van der Waals surface area contributed by atoms with Gasteiger partial charge in [-0.05, 0) is 47.9 Å². The number of halogens is 3. The fraction of sp³-hybridized carbons (Fsp3) is 0.714. The first-order valence-corrected chi connectivity index (χ1v) is 12.6. The van der Waals surface area contributed by atoms with Gasteiger partial charge in [-0.25, -0.2) is 0 Å². The average Bonchev–Trinajstić information content (AvgIpc) is 2.62. The Morgan fingerprint density at radius 3 is 2.12 bits per heavy atom. The Morgan fingerprint density at radius 2 is 1.58 bits per heavy atom. The predicted octanol–water partition coefficient (Wildman–Crippen LogP) is 7.05. The zero-order valence-corrected chi connectivity index (χ0v) is 16.9. The second kappa shape index (κ2) is 8.81. The van der Waals surface area contributed by atoms with Crippen LogP contribution in [0, 0.1) is 5.92 Å². The Balaban J connectivity index is 1.46. The molecule has 146 valence electrons. The first kappa shape index (κ1) is 19.8. The minimum absolute atomic E-state index is 0.117. The van der Waals surface area contributed by atoms with Crippen LogP contribution < -0.4 is 4.74 Å². The third-order valence-corrected chi connectivity index (χ3v) is 10.8. The van der Waals surface area contributed by atoms with Crippen LogP contribution in [0.1, 0.15) is 69.8 Å². The van der Waals surface area contributed by atoms with Gasteiger partial charge in [0.05, 0.1) is 0 Å². The molecule has 0 aromatic heterocycles. The maximum atomic E-state index is 12.3. The molecular formula is C21H31F3OSi. The lowest BCUT2D eigenvalue weighted by Crippen LogP contribution is -2.29. The molecule has 1 heterocycles. The molecule has 1 aromatic rings. The maximum absolute atomic E-state index is 12.3. The van der Waals surface area contributed by atoms with Crippen molar-refractivity contribution in [1.82, 2.24) is 0 Å². The summed E-state index contributed by atoms with van der Waals surface area (Å²) in [5, 5.41) is 0. The summed E-state index contributed by atoms with van der Waals surface area (Å²) in [5.41, 5.74) is 2.23. The van der Waals surface area contributed by atoms with E-state index in [1.165, 1.54) is 81.2 Å². The summed E-state index contributed by atoms with van der Waals surface area (Å²) in [7, 11) is -0.629. The van der Waals surface area contributed by atoms with Crippen molar-refractivity contribution in [2.24, 2.45) is 5.92 Å². The molecule has 2 fully saturated rings. The molecule has 0 bridgehead atoms. The van der Waals surface area contributed by atoms with Crippen molar-refractivity contribution in [2.45, 2.75) is 88.2 Å². The largest absolute Gasteiger partial charge is 0.573 e. The van der Waals surface area contributed by atoms with E-state index in [9.17, 15) is 13.2 Å². The Kier molecular flexibility index (Phi) is 6.70. The quantitative estimate of drug-likeness (QED) is 0.494. The number of benzene rings is 1. The number of hydrogen-bond acceptors (Lipinski definition) is 1. The second-order valence-corrected chi connectivity index (χ2v) is 11.9. The van der Waals surface area contributed by atoms with Crippen LogP contribution in [0.25, 0.3) is 0 Å². The van der Waals surface area contributed by atoms with Gasteiger partial charge in [0.25, 0.3) is 0 Å². The third kappa shape index (κ3) is 5.51. The Labute approximate surface area is 156 Å². The SMILES string of the molecule is CCCC1CCC([SiH]2CCC(c3ccc(OC(F)(F)F)cc3)CC2)CC1. The van der Waals surface area contributed by atoms with Gasteiger partial charge in [-0.3, -0.25) is 0 Å². The van der Waals surface area contributed by atoms with E-state index in [0.717, 1.165) is 11.5 Å². The molecule has 3 rings (SSSR count). The molecule has 2 aliphatic rings. The van der Waals surface area contributed by atoms with Crippen LogP contribution >= 0.6 is 0 Å². The van der Waals surface area contributed by atoms with Crippen LogP contribution in [-0.2, 0) is 0 Å². The lowest BCUT2D eigenvalue weighted by atomic mass is 9.86. The molecule has 5 heteroatoms. The molecule has 26 heavy (non-hydrogen) atoms. The van der Waals surface area contributed by atoms with Gasteiger partial charge in [0.2, 0.25) is 0 Å². The molecule has 0 spiro atoms. The van der Waals surface area contributed by atoms with E-state index >= 15 is 0 Å². The Hall–Kier alpha value is -0.973. The van der Waals surface area contributed by atoms with Crippen molar-refractivity contribution in [3.8, 4) is 5.75 Å². The van der Waals surface area contributed by atoms with E-state index in [1.807, 2.05) is 12.1 Å². The highest BCUT2D eigenvalue weighted by atomic mass is 28.3. The first-order valence-electron chi connectivity index (χ1n) is 10.3. The van der Waals surface area contributed by atoms with Gasteiger partial charge in [0, 0.05) is 8.80 Å². The summed E-state index contributed by atoms with van der Waals surface area (Å²) in [5.74, 6) is 1.39. The van der Waals surface area contributed by atoms with Gasteiger partial charge < -0.3 is 4.74 Å². The number of alkyl halides is 3. The molecule has 0 atom stereocenters. The van der Waals surface area contributed by atoms with Crippen LogP contribution in [0.3, 0.4) is 0 Å². The van der Waals surface area contributed by atoms with Gasteiger partial charge in [-0.2, -0.15) is 0 Å². The highest BCUT2D eigenvalue weighted by Crippen LogP contribution is 2.44. The molecule has 1 saturated heterocycles. The van der Waals surface area contributed by atoms with Crippen molar-refractivity contribution < 1.29 is 17.9 Å². The molecule has 1 saturated carbocycles. The smallest absolute Gasteiger partial charge is 0.406 e. The van der Waals surface area contributed by atoms with Crippen LogP contribution in [0.5, 0.6) is 5.75 Å². The maximum Gasteiger partial charge on any atom is 0.573 e. The van der Waals surface area contributed by atoms with Gasteiger partial charge in [-0.15, -0.1) is 13.2 Å². The Bertz CT molecular complexity index is 541. The Morgan fingerprint density at radius 1 is 0.962 bits per heavy atom. The first-order chi connectivity index (χ1) is 12.4. The van der Waals surface area contributed by atoms with Crippen molar-refractivity contribution in [1.29, 1.82) is 0 Å². The normalized spacial score (nSPS) is 30.2. The molecule has 0 N–H and O–H groups in total. The fourth-order valence-corrected chi connectivity index (χ4v) is 9.44. The van der Waals surface area contributed by atoms with Crippen molar-refractivity contribution in [2.75, 3.05) is 0 Å². The lowest BCUT2D eigenvalue weighted by molar-refractivity contribution is -0.274. The van der Waals surface area contributed by atoms with E-state index in [-0.39, 0.29) is 5.75 Å². The molecule has 0 unspecified atom stereocenters. The molecule has 1 aliphatic carbocycles. The minimum Gasteiger partial charge on any atom is -0.406 e. The summed E-state index contributed by atoms with van der Waals surface area (Å²) < 4.78 is 40.8. The number of hydrogen-bond donors (Lipinski definition) is 0. The van der Waals surface area contributed by atoms with Crippen molar-refractivity contribution in [3.63, 3.8) is 0 Å². The summed E-state index contributed by atoms with van der Waals surface area (Å²) >= 11 is 0. The van der Waals surface area contributed by atoms with Gasteiger partial charge in [0.15, 0.2) is 0 Å². The van der Waals surface area contributed by atoms with E-state index < -0.39 is 15.2 Å². The minimum atomic E-state index is -4.61. The summed E-state index contributed by atoms with van der Waals surface area (Å²) in [6, 6.07) is 9.39. The van der Waals surface area contributed by atoms with E-state index in [0.29, 0.717) is 5.92 Å². The molecule has 1 aromatic carbocycles. The summed E-state index contributed by atoms with van der Waals surface area (Å²) in [4.78, 5) is 0. The monoisotopic (exact) mass is 384 g/mol. The summed E-state index contributed by atoms with van der Waals surface area (Å²) in [6.07, 6.45) is 6.42. The number of ether oxygens (including phenoxy) is 1. The van der Waals surface area contributed by atoms with Crippen molar-refractivity contribution >= 4 is 8.80 Å². The van der Waals surface area contributed by atoms with E-state index in [2.05, 4.69) is 11.7 Å². The zero-order chi connectivity index (χ0) is 18.6. The standard InChI is InChI=1S/C21H31F3OSi/c1-2-3-16-4-10-20(11-5-16)26-14-12-18(13-15-26)17-6-8-19(9-7-17)25-21(22,23)24/h6-9,16,18,20,26H,2-5,10-15H2,1H3. The van der Waals surface area contributed by atoms with E-state index in [4.69, 9.17) is 0 Å². The van der Waals surface area contributed by atoms with E-state index in [1.54, 1.807) is 0 Å². The second-order valence-electron chi connectivity index (χ2n) is 8.30. The van der Waals surface area contributed by atoms with Crippen LogP contribution in [0.2, 0.25) is 17.6 Å². The topological polar surface area (TPSA) is 9.23 Å². The van der Waals surface area contributed by atoms with Crippen LogP contribution in [-0.4, -0.2) is 15.2 Å². The molecular weight excluding hydrogens is 353 g/mol. The van der Waals surface area contributed by atoms with Crippen LogP contribution in [0.4, 0.5) is 13.2 Å². The highest BCUT2D eigenvalue weighted by Gasteiger charge is 2.33. The van der Waals surface area contributed by atoms with Crippen LogP contribution in [0.15, 0.2) is 24.3 Å². The molecule has 1 aliphatic heterocycles. The summed E-state index contributed by atoms with van der Waals surface area (Å²) in [6.45, 7) is 2.30. The molecule has 1 nitrogen and oxygen atoms in total. The molecule has 0 amide bonds. The zero-order valence-electron chi connectivity index (χ0n) is 15.7. The van der Waals surface area contributed by atoms with Gasteiger partial charge in [-0.1, -0.05) is 69.7 Å². The highest BCUT2D eigenvalue weighted by molar-refractivity contribution is 6.60. The number of rotatable bonds is 5. The average molecular weight is 385 g/mol. The fourth-order valence-electron chi connectivity index (χ4n) is 5.22. The predicted molar refractivity (Wildman–Crippen MR) is 102 cm³/mol.